The summed E-state index contributed by atoms with van der Waals surface area (Å²) in [6.45, 7) is 0.0626. The van der Waals surface area contributed by atoms with Crippen molar-refractivity contribution in [2.24, 2.45) is 4.99 Å². The summed E-state index contributed by atoms with van der Waals surface area (Å²) in [6, 6.07) is 9.93. The van der Waals surface area contributed by atoms with Crippen LogP contribution >= 0.6 is 11.5 Å². The molecule has 0 fully saturated rings. The van der Waals surface area contributed by atoms with Crippen LogP contribution in [0.2, 0.25) is 0 Å². The molecule has 0 aliphatic carbocycles. The van der Waals surface area contributed by atoms with Gasteiger partial charge in [0, 0.05) is 0 Å². The SMILES string of the molecule is O=c1[nH]sc(=Nc2c([N+](=O)[O-])cc([N+](=O)[O-])cc2[N+](=O)[O-])n1Cc1ccccc1. The lowest BCUT2D eigenvalue weighted by molar-refractivity contribution is -0.402. The average Bonchev–Trinajstić information content (AvgIpc) is 3.01. The molecular formula is C15H10N6O7S. The zero-order valence-electron chi connectivity index (χ0n) is 14.3. The Morgan fingerprint density at radius 1 is 0.966 bits per heavy atom. The highest BCUT2D eigenvalue weighted by atomic mass is 32.1. The first kappa shape index (κ1) is 19.6. The molecule has 1 heterocycles. The number of hydrogen-bond acceptors (Lipinski definition) is 9. The molecule has 148 valence electrons. The molecule has 14 heteroatoms. The first-order valence-electron chi connectivity index (χ1n) is 7.76. The first-order chi connectivity index (χ1) is 13.8. The Morgan fingerprint density at radius 3 is 2.07 bits per heavy atom. The number of nitrogens with zero attached hydrogens (tertiary/aromatic N) is 5. The van der Waals surface area contributed by atoms with Crippen molar-refractivity contribution in [3.05, 3.63) is 93.7 Å². The van der Waals surface area contributed by atoms with Gasteiger partial charge < -0.3 is 0 Å². The van der Waals surface area contributed by atoms with Gasteiger partial charge in [-0.05, 0) is 17.1 Å². The molecule has 0 unspecified atom stereocenters. The third kappa shape index (κ3) is 4.06. The van der Waals surface area contributed by atoms with Gasteiger partial charge in [0.15, 0.2) is 0 Å². The molecule has 0 atom stereocenters. The third-order valence-electron chi connectivity index (χ3n) is 3.76. The Bertz CT molecular complexity index is 1210. The van der Waals surface area contributed by atoms with E-state index in [4.69, 9.17) is 0 Å². The van der Waals surface area contributed by atoms with E-state index in [0.29, 0.717) is 12.1 Å². The van der Waals surface area contributed by atoms with Crippen molar-refractivity contribution in [3.63, 3.8) is 0 Å². The molecule has 0 bridgehead atoms. The Labute approximate surface area is 163 Å². The fraction of sp³-hybridized carbons (Fsp3) is 0.0667. The van der Waals surface area contributed by atoms with Crippen LogP contribution in [0.4, 0.5) is 22.7 Å². The van der Waals surface area contributed by atoms with E-state index in [2.05, 4.69) is 9.37 Å². The minimum atomic E-state index is -1.00. The number of non-ortho nitro benzene ring substituents is 1. The number of rotatable bonds is 6. The van der Waals surface area contributed by atoms with Crippen molar-refractivity contribution in [3.8, 4) is 0 Å². The van der Waals surface area contributed by atoms with Crippen LogP contribution in [0, 0.1) is 30.3 Å². The summed E-state index contributed by atoms with van der Waals surface area (Å²) < 4.78 is 3.56. The van der Waals surface area contributed by atoms with Gasteiger partial charge in [-0.3, -0.25) is 39.3 Å². The smallest absolute Gasteiger partial charge is 0.263 e. The summed E-state index contributed by atoms with van der Waals surface area (Å²) >= 11 is 0.721. The van der Waals surface area contributed by atoms with Gasteiger partial charge in [-0.25, -0.2) is 9.79 Å². The second-order valence-corrected chi connectivity index (χ2v) is 6.35. The number of aromatic amines is 1. The van der Waals surface area contributed by atoms with Crippen LogP contribution in [0.15, 0.2) is 52.3 Å². The molecular weight excluding hydrogens is 408 g/mol. The monoisotopic (exact) mass is 418 g/mol. The summed E-state index contributed by atoms with van der Waals surface area (Å²) in [4.78, 5) is 46.7. The highest BCUT2D eigenvalue weighted by Crippen LogP contribution is 2.40. The number of nitro benzene ring substituents is 3. The Balaban J connectivity index is 2.26. The lowest BCUT2D eigenvalue weighted by atomic mass is 10.2. The maximum atomic E-state index is 12.1. The summed E-state index contributed by atoms with van der Waals surface area (Å²) in [5.41, 5.74) is -3.18. The normalized spacial score (nSPS) is 11.4. The molecule has 3 aromatic rings. The fourth-order valence-electron chi connectivity index (χ4n) is 2.46. The molecule has 0 radical (unpaired) electrons. The zero-order valence-corrected chi connectivity index (χ0v) is 15.1. The van der Waals surface area contributed by atoms with Crippen LogP contribution in [0.3, 0.4) is 0 Å². The standard InChI is InChI=1S/C15H10N6O7S/c22-14-17-29-15(18(14)8-9-4-2-1-3-5-9)16-13-11(20(25)26)6-10(19(23)24)7-12(13)21(27)28/h1-7H,8H2,(H,17,22). The molecule has 1 aromatic heterocycles. The van der Waals surface area contributed by atoms with E-state index in [1.54, 1.807) is 30.3 Å². The van der Waals surface area contributed by atoms with E-state index in [1.807, 2.05) is 0 Å². The predicted molar refractivity (Wildman–Crippen MR) is 100 cm³/mol. The van der Waals surface area contributed by atoms with E-state index >= 15 is 0 Å². The minimum Gasteiger partial charge on any atom is -0.263 e. The fourth-order valence-corrected chi connectivity index (χ4v) is 3.14. The Morgan fingerprint density at radius 2 is 1.55 bits per heavy atom. The first-order valence-corrected chi connectivity index (χ1v) is 8.57. The highest BCUT2D eigenvalue weighted by molar-refractivity contribution is 7.02. The Kier molecular flexibility index (Phi) is 5.27. The second-order valence-electron chi connectivity index (χ2n) is 5.58. The lowest BCUT2D eigenvalue weighted by Crippen LogP contribution is -2.27. The maximum Gasteiger partial charge on any atom is 0.337 e. The number of nitro groups is 3. The van der Waals surface area contributed by atoms with Gasteiger partial charge >= 0.3 is 17.1 Å². The van der Waals surface area contributed by atoms with Crippen LogP contribution in [-0.4, -0.2) is 23.7 Å². The van der Waals surface area contributed by atoms with Gasteiger partial charge in [0.25, 0.3) is 5.69 Å². The topological polar surface area (TPSA) is 180 Å². The van der Waals surface area contributed by atoms with Gasteiger partial charge in [0.2, 0.25) is 10.5 Å². The average molecular weight is 418 g/mol. The molecule has 0 aliphatic heterocycles. The van der Waals surface area contributed by atoms with Crippen molar-refractivity contribution in [2.75, 3.05) is 0 Å². The van der Waals surface area contributed by atoms with E-state index in [9.17, 15) is 35.1 Å². The highest BCUT2D eigenvalue weighted by Gasteiger charge is 2.30. The van der Waals surface area contributed by atoms with E-state index < -0.39 is 43.2 Å². The van der Waals surface area contributed by atoms with Crippen molar-refractivity contribution in [1.29, 1.82) is 0 Å². The van der Waals surface area contributed by atoms with Gasteiger partial charge in [-0.2, -0.15) is 0 Å². The predicted octanol–water partition coefficient (Wildman–Crippen LogP) is 2.24. The number of hydrogen-bond donors (Lipinski definition) is 1. The van der Waals surface area contributed by atoms with Crippen molar-refractivity contribution in [1.82, 2.24) is 8.94 Å². The largest absolute Gasteiger partial charge is 0.337 e. The summed E-state index contributed by atoms with van der Waals surface area (Å²) in [6.07, 6.45) is 0. The molecule has 3 rings (SSSR count). The minimum absolute atomic E-state index is 0.0626. The molecule has 1 N–H and O–H groups in total. The number of H-pyrrole nitrogens is 1. The number of aromatic nitrogens is 2. The summed E-state index contributed by atoms with van der Waals surface area (Å²) in [5, 5.41) is 33.7. The molecule has 29 heavy (non-hydrogen) atoms. The van der Waals surface area contributed by atoms with Crippen LogP contribution in [0.1, 0.15) is 5.56 Å². The molecule has 2 aromatic carbocycles. The van der Waals surface area contributed by atoms with Crippen molar-refractivity contribution in [2.45, 2.75) is 6.54 Å². The van der Waals surface area contributed by atoms with Crippen LogP contribution < -0.4 is 10.5 Å². The number of nitrogens with one attached hydrogen (secondary N) is 1. The summed E-state index contributed by atoms with van der Waals surface area (Å²) in [7, 11) is 0. The van der Waals surface area contributed by atoms with Crippen molar-refractivity contribution < 1.29 is 14.8 Å². The molecule has 0 aliphatic rings. The molecule has 13 nitrogen and oxygen atoms in total. The van der Waals surface area contributed by atoms with E-state index in [-0.39, 0.29) is 11.3 Å². The van der Waals surface area contributed by atoms with Gasteiger partial charge in [-0.15, -0.1) is 0 Å². The van der Waals surface area contributed by atoms with Crippen LogP contribution in [0.25, 0.3) is 0 Å². The zero-order chi connectivity index (χ0) is 21.1. The van der Waals surface area contributed by atoms with Crippen LogP contribution in [0.5, 0.6) is 0 Å². The van der Waals surface area contributed by atoms with Gasteiger partial charge in [0.05, 0.1) is 33.4 Å². The molecule has 0 spiro atoms. The lowest BCUT2D eigenvalue weighted by Gasteiger charge is -2.02. The quantitative estimate of drug-likeness (QED) is 0.470. The summed E-state index contributed by atoms with van der Waals surface area (Å²) in [5.74, 6) is 0. The van der Waals surface area contributed by atoms with E-state index in [1.165, 1.54) is 0 Å². The van der Waals surface area contributed by atoms with E-state index in [0.717, 1.165) is 21.7 Å². The van der Waals surface area contributed by atoms with Gasteiger partial charge in [0.1, 0.15) is 0 Å². The van der Waals surface area contributed by atoms with Gasteiger partial charge in [-0.1, -0.05) is 30.3 Å². The third-order valence-corrected chi connectivity index (χ3v) is 4.53. The Hall–Kier alpha value is -4.20. The maximum absolute atomic E-state index is 12.1. The molecule has 0 saturated carbocycles. The second kappa shape index (κ2) is 7.81. The molecule has 0 amide bonds. The van der Waals surface area contributed by atoms with Crippen LogP contribution in [-0.2, 0) is 6.54 Å². The number of benzene rings is 2. The molecule has 0 saturated heterocycles. The van der Waals surface area contributed by atoms with Crippen molar-refractivity contribution >= 4 is 34.3 Å².